The number of carbonyl (C=O) groups is 2. The number of rotatable bonds is 9. The van der Waals surface area contributed by atoms with Crippen molar-refractivity contribution in [2.45, 2.75) is 57.0 Å². The minimum Gasteiger partial charge on any atom is -0.481 e. The molecular weight excluding hydrogens is 318 g/mol. The quantitative estimate of drug-likeness (QED) is 0.517. The van der Waals surface area contributed by atoms with Gasteiger partial charge in [0.2, 0.25) is 0 Å². The molecule has 0 heterocycles. The molecule has 138 valence electrons. The van der Waals surface area contributed by atoms with E-state index in [1.165, 1.54) is 5.56 Å². The number of carboxylic acid groups (broad SMARTS) is 1. The molecule has 1 fully saturated rings. The van der Waals surface area contributed by atoms with E-state index in [1.807, 2.05) is 18.2 Å². The molecule has 1 aromatic rings. The van der Waals surface area contributed by atoms with Crippen LogP contribution in [-0.2, 0) is 4.79 Å². The lowest BCUT2D eigenvalue weighted by atomic mass is 9.94. The summed E-state index contributed by atoms with van der Waals surface area (Å²) in [4.78, 5) is 22.4. The molecule has 1 saturated carbocycles. The summed E-state index contributed by atoms with van der Waals surface area (Å²) in [7, 11) is 0. The van der Waals surface area contributed by atoms with Gasteiger partial charge in [0.1, 0.15) is 0 Å². The van der Waals surface area contributed by atoms with Gasteiger partial charge in [-0.05, 0) is 31.7 Å². The van der Waals surface area contributed by atoms with Gasteiger partial charge in [0.25, 0.3) is 0 Å². The Morgan fingerprint density at radius 3 is 2.48 bits per heavy atom. The molecule has 0 aliphatic heterocycles. The number of carbonyl (C=O) groups excluding carboxylic acids is 1. The first-order valence-corrected chi connectivity index (χ1v) is 9.07. The molecule has 6 heteroatoms. The van der Waals surface area contributed by atoms with Crippen LogP contribution in [0, 0.1) is 0 Å². The lowest BCUT2D eigenvalue weighted by molar-refractivity contribution is -0.137. The third kappa shape index (κ3) is 6.38. The maximum Gasteiger partial charge on any atom is 0.314 e. The Hall–Kier alpha value is -2.08. The van der Waals surface area contributed by atoms with Crippen molar-refractivity contribution in [1.82, 2.24) is 16.0 Å². The summed E-state index contributed by atoms with van der Waals surface area (Å²) in [6, 6.07) is 10.3. The van der Waals surface area contributed by atoms with Crippen LogP contribution >= 0.6 is 0 Å². The third-order valence-electron chi connectivity index (χ3n) is 4.82. The van der Waals surface area contributed by atoms with Crippen LogP contribution in [0.5, 0.6) is 0 Å². The van der Waals surface area contributed by atoms with Crippen molar-refractivity contribution in [3.63, 3.8) is 0 Å². The van der Waals surface area contributed by atoms with Gasteiger partial charge in [-0.1, -0.05) is 43.2 Å². The number of carboxylic acids is 1. The highest BCUT2D eigenvalue weighted by Gasteiger charge is 2.35. The van der Waals surface area contributed by atoms with E-state index in [2.05, 4.69) is 35.0 Å². The molecular formula is C19H29N3O3. The molecule has 1 unspecified atom stereocenters. The predicted octanol–water partition coefficient (Wildman–Crippen LogP) is 2.81. The molecule has 0 bridgehead atoms. The molecule has 25 heavy (non-hydrogen) atoms. The molecule has 2 amide bonds. The van der Waals surface area contributed by atoms with Crippen molar-refractivity contribution in [3.05, 3.63) is 35.9 Å². The smallest absolute Gasteiger partial charge is 0.314 e. The summed E-state index contributed by atoms with van der Waals surface area (Å²) in [5, 5.41) is 18.0. The zero-order valence-electron chi connectivity index (χ0n) is 14.9. The highest BCUT2D eigenvalue weighted by Crippen LogP contribution is 2.31. The molecule has 1 atom stereocenters. The molecule has 6 nitrogen and oxygen atoms in total. The lowest BCUT2D eigenvalue weighted by Gasteiger charge is -2.34. The number of amides is 2. The standard InChI is InChI=1S/C19H29N3O3/c1-15(16-8-3-2-4-9-16)22-19(11-5-6-12-19)14-21-18(25)20-13-7-10-17(23)24/h2-4,8-9,15,22H,5-7,10-14H2,1H3,(H,23,24)(H2,20,21,25). The summed E-state index contributed by atoms with van der Waals surface area (Å²) in [6.07, 6.45) is 4.93. The normalized spacial score (nSPS) is 17.0. The number of hydrogen-bond donors (Lipinski definition) is 4. The van der Waals surface area contributed by atoms with Gasteiger partial charge in [0.05, 0.1) is 0 Å². The number of benzene rings is 1. The van der Waals surface area contributed by atoms with Gasteiger partial charge in [0, 0.05) is 31.1 Å². The van der Waals surface area contributed by atoms with Crippen molar-refractivity contribution in [2.24, 2.45) is 0 Å². The van der Waals surface area contributed by atoms with Crippen molar-refractivity contribution in [1.29, 1.82) is 0 Å². The third-order valence-corrected chi connectivity index (χ3v) is 4.82. The van der Waals surface area contributed by atoms with Crippen LogP contribution in [0.2, 0.25) is 0 Å². The van der Waals surface area contributed by atoms with Gasteiger partial charge >= 0.3 is 12.0 Å². The molecule has 1 aromatic carbocycles. The maximum absolute atomic E-state index is 11.9. The summed E-state index contributed by atoms with van der Waals surface area (Å²) < 4.78 is 0. The fourth-order valence-electron chi connectivity index (χ4n) is 3.46. The van der Waals surface area contributed by atoms with Gasteiger partial charge in [0.15, 0.2) is 0 Å². The zero-order chi connectivity index (χ0) is 18.1. The average Bonchev–Trinajstić information content (AvgIpc) is 3.06. The molecule has 2 rings (SSSR count). The lowest BCUT2D eigenvalue weighted by Crippen LogP contribution is -2.53. The maximum atomic E-state index is 11.9. The average molecular weight is 347 g/mol. The fourth-order valence-corrected chi connectivity index (χ4v) is 3.46. The molecule has 0 aromatic heterocycles. The molecule has 1 aliphatic carbocycles. The molecule has 0 spiro atoms. The first kappa shape index (κ1) is 19.2. The first-order chi connectivity index (χ1) is 12.0. The van der Waals surface area contributed by atoms with E-state index in [0.29, 0.717) is 19.5 Å². The summed E-state index contributed by atoms with van der Waals surface area (Å²) in [5.74, 6) is -0.841. The van der Waals surface area contributed by atoms with Crippen LogP contribution in [-0.4, -0.2) is 35.7 Å². The topological polar surface area (TPSA) is 90.5 Å². The van der Waals surface area contributed by atoms with Crippen molar-refractivity contribution in [2.75, 3.05) is 13.1 Å². The highest BCUT2D eigenvalue weighted by molar-refractivity contribution is 5.74. The van der Waals surface area contributed by atoms with Gasteiger partial charge in [-0.3, -0.25) is 4.79 Å². The van der Waals surface area contributed by atoms with Crippen LogP contribution in [0.1, 0.15) is 57.1 Å². The molecule has 0 radical (unpaired) electrons. The summed E-state index contributed by atoms with van der Waals surface area (Å²) in [6.45, 7) is 3.11. The summed E-state index contributed by atoms with van der Waals surface area (Å²) in [5.41, 5.74) is 1.17. The van der Waals surface area contributed by atoms with E-state index in [4.69, 9.17) is 5.11 Å². The van der Waals surface area contributed by atoms with E-state index in [9.17, 15) is 9.59 Å². The Kier molecular flexibility index (Phi) is 7.25. The number of aliphatic carboxylic acids is 1. The Bertz CT molecular complexity index is 556. The van der Waals surface area contributed by atoms with Gasteiger partial charge in [-0.15, -0.1) is 0 Å². The number of urea groups is 1. The molecule has 0 saturated heterocycles. The van der Waals surface area contributed by atoms with Crippen LogP contribution in [0.4, 0.5) is 4.79 Å². The van der Waals surface area contributed by atoms with Crippen molar-refractivity contribution < 1.29 is 14.7 Å². The molecule has 1 aliphatic rings. The largest absolute Gasteiger partial charge is 0.481 e. The van der Waals surface area contributed by atoms with E-state index >= 15 is 0 Å². The monoisotopic (exact) mass is 347 g/mol. The minimum atomic E-state index is -0.841. The number of hydrogen-bond acceptors (Lipinski definition) is 3. The number of nitrogens with one attached hydrogen (secondary N) is 3. The second-order valence-electron chi connectivity index (χ2n) is 6.87. The zero-order valence-corrected chi connectivity index (χ0v) is 14.9. The fraction of sp³-hybridized carbons (Fsp3) is 0.579. The van der Waals surface area contributed by atoms with Crippen molar-refractivity contribution >= 4 is 12.0 Å². The van der Waals surface area contributed by atoms with Crippen molar-refractivity contribution in [3.8, 4) is 0 Å². The van der Waals surface area contributed by atoms with Crippen LogP contribution < -0.4 is 16.0 Å². The van der Waals surface area contributed by atoms with Gasteiger partial charge in [-0.2, -0.15) is 0 Å². The van der Waals surface area contributed by atoms with Crippen LogP contribution in [0.3, 0.4) is 0 Å². The highest BCUT2D eigenvalue weighted by atomic mass is 16.4. The van der Waals surface area contributed by atoms with Gasteiger partial charge < -0.3 is 21.1 Å². The van der Waals surface area contributed by atoms with E-state index in [0.717, 1.165) is 25.7 Å². The first-order valence-electron chi connectivity index (χ1n) is 9.07. The molecule has 4 N–H and O–H groups in total. The van der Waals surface area contributed by atoms with E-state index in [1.54, 1.807) is 0 Å². The SMILES string of the molecule is CC(NC1(CNC(=O)NCCCC(=O)O)CCCC1)c1ccccc1. The minimum absolute atomic E-state index is 0.0698. The summed E-state index contributed by atoms with van der Waals surface area (Å²) >= 11 is 0. The Labute approximate surface area is 149 Å². The Balaban J connectivity index is 1.81. The Morgan fingerprint density at radius 2 is 1.84 bits per heavy atom. The van der Waals surface area contributed by atoms with E-state index in [-0.39, 0.29) is 24.0 Å². The van der Waals surface area contributed by atoms with E-state index < -0.39 is 5.97 Å². The second kappa shape index (κ2) is 9.42. The van der Waals surface area contributed by atoms with Crippen LogP contribution in [0.25, 0.3) is 0 Å². The second-order valence-corrected chi connectivity index (χ2v) is 6.87. The van der Waals surface area contributed by atoms with Gasteiger partial charge in [-0.25, -0.2) is 4.79 Å². The Morgan fingerprint density at radius 1 is 1.16 bits per heavy atom. The van der Waals surface area contributed by atoms with Crippen LogP contribution in [0.15, 0.2) is 30.3 Å². The predicted molar refractivity (Wildman–Crippen MR) is 97.5 cm³/mol.